The van der Waals surface area contributed by atoms with Crippen LogP contribution in [0.4, 0.5) is 0 Å². The molecule has 8 nitrogen and oxygen atoms in total. The molecule has 1 fully saturated rings. The van der Waals surface area contributed by atoms with Crippen LogP contribution in [0, 0.1) is 0 Å². The standard InChI is InChI=1S/C15H20N6O2/c1-21-9-10(6-19-21)15-17-8-11(23-15)7-16-12-3-5-22-14(12)13-2-4-18-20-13/h2,4,6,9,11-12,14,16H,3,5,7-8H2,1H3,(H,18,20)/t11?,12-,14-/m1/s1. The van der Waals surface area contributed by atoms with Gasteiger partial charge in [-0.1, -0.05) is 0 Å². The summed E-state index contributed by atoms with van der Waals surface area (Å²) in [6.07, 6.45) is 6.49. The molecule has 0 amide bonds. The first-order valence-electron chi connectivity index (χ1n) is 7.84. The topological polar surface area (TPSA) is 89.3 Å². The fourth-order valence-electron chi connectivity index (χ4n) is 3.03. The van der Waals surface area contributed by atoms with Crippen LogP contribution in [0.5, 0.6) is 0 Å². The maximum atomic E-state index is 5.92. The molecule has 0 aliphatic carbocycles. The van der Waals surface area contributed by atoms with Gasteiger partial charge in [-0.15, -0.1) is 0 Å². The second-order valence-electron chi connectivity index (χ2n) is 5.90. The minimum Gasteiger partial charge on any atom is -0.471 e. The first kappa shape index (κ1) is 14.4. The summed E-state index contributed by atoms with van der Waals surface area (Å²) in [5.41, 5.74) is 1.94. The van der Waals surface area contributed by atoms with Gasteiger partial charge in [-0.05, 0) is 12.5 Å². The van der Waals surface area contributed by atoms with Crippen molar-refractivity contribution in [1.82, 2.24) is 25.3 Å². The maximum absolute atomic E-state index is 5.92. The molecule has 4 rings (SSSR count). The van der Waals surface area contributed by atoms with Crippen LogP contribution in [0.1, 0.15) is 23.8 Å². The van der Waals surface area contributed by atoms with Crippen molar-refractivity contribution in [3.8, 4) is 0 Å². The van der Waals surface area contributed by atoms with Gasteiger partial charge in [-0.3, -0.25) is 9.78 Å². The highest BCUT2D eigenvalue weighted by atomic mass is 16.5. The van der Waals surface area contributed by atoms with Crippen molar-refractivity contribution < 1.29 is 9.47 Å². The molecule has 2 aromatic rings. The van der Waals surface area contributed by atoms with Crippen molar-refractivity contribution in [2.45, 2.75) is 24.7 Å². The molecular formula is C15H20N6O2. The molecule has 1 saturated heterocycles. The average Bonchev–Trinajstić information content (AvgIpc) is 3.31. The molecule has 0 radical (unpaired) electrons. The van der Waals surface area contributed by atoms with Crippen LogP contribution >= 0.6 is 0 Å². The fraction of sp³-hybridized carbons (Fsp3) is 0.533. The van der Waals surface area contributed by atoms with Gasteiger partial charge in [0, 0.05) is 38.6 Å². The Morgan fingerprint density at radius 3 is 3.22 bits per heavy atom. The number of rotatable bonds is 5. The molecule has 0 saturated carbocycles. The third-order valence-electron chi connectivity index (χ3n) is 4.20. The minimum absolute atomic E-state index is 0.0256. The van der Waals surface area contributed by atoms with E-state index in [9.17, 15) is 0 Å². The third kappa shape index (κ3) is 2.99. The Labute approximate surface area is 133 Å². The van der Waals surface area contributed by atoms with Crippen LogP contribution in [0.15, 0.2) is 29.6 Å². The zero-order valence-corrected chi connectivity index (χ0v) is 13.0. The molecule has 2 aliphatic heterocycles. The quantitative estimate of drug-likeness (QED) is 0.834. The minimum atomic E-state index is 0.0256. The zero-order chi connectivity index (χ0) is 15.6. The lowest BCUT2D eigenvalue weighted by Gasteiger charge is -2.20. The van der Waals surface area contributed by atoms with Gasteiger partial charge >= 0.3 is 0 Å². The summed E-state index contributed by atoms with van der Waals surface area (Å²) in [7, 11) is 1.88. The Morgan fingerprint density at radius 2 is 2.43 bits per heavy atom. The van der Waals surface area contributed by atoms with Crippen LogP contribution in [0.25, 0.3) is 0 Å². The SMILES string of the molecule is Cn1cc(C2=NCC(CN[C@@H]3CCO[C@H]3c3ccn[nH]3)O2)cn1. The van der Waals surface area contributed by atoms with Gasteiger partial charge in [0.15, 0.2) is 0 Å². The average molecular weight is 316 g/mol. The van der Waals surface area contributed by atoms with Gasteiger partial charge in [0.05, 0.1) is 24.0 Å². The van der Waals surface area contributed by atoms with E-state index in [2.05, 4.69) is 25.6 Å². The normalized spacial score (nSPS) is 27.2. The van der Waals surface area contributed by atoms with Crippen LogP contribution in [-0.2, 0) is 16.5 Å². The van der Waals surface area contributed by atoms with E-state index in [-0.39, 0.29) is 18.2 Å². The molecular weight excluding hydrogens is 296 g/mol. The Bertz CT molecular complexity index is 680. The zero-order valence-electron chi connectivity index (χ0n) is 13.0. The summed E-state index contributed by atoms with van der Waals surface area (Å²) < 4.78 is 13.5. The predicted octanol–water partition coefficient (Wildman–Crippen LogP) is 0.408. The maximum Gasteiger partial charge on any atom is 0.219 e. The Balaban J connectivity index is 1.30. The van der Waals surface area contributed by atoms with E-state index in [1.807, 2.05) is 19.3 Å². The molecule has 0 aromatic carbocycles. The van der Waals surface area contributed by atoms with Crippen LogP contribution in [-0.4, -0.2) is 57.7 Å². The van der Waals surface area contributed by atoms with Crippen molar-refractivity contribution in [1.29, 1.82) is 0 Å². The van der Waals surface area contributed by atoms with Crippen LogP contribution < -0.4 is 5.32 Å². The van der Waals surface area contributed by atoms with E-state index in [1.165, 1.54) is 0 Å². The van der Waals surface area contributed by atoms with Gasteiger partial charge in [-0.2, -0.15) is 10.2 Å². The molecule has 0 spiro atoms. The molecule has 23 heavy (non-hydrogen) atoms. The molecule has 0 bridgehead atoms. The molecule has 2 aliphatic rings. The summed E-state index contributed by atoms with van der Waals surface area (Å²) in [5.74, 6) is 0.678. The molecule has 122 valence electrons. The van der Waals surface area contributed by atoms with E-state index in [1.54, 1.807) is 17.1 Å². The van der Waals surface area contributed by atoms with Crippen LogP contribution in [0.2, 0.25) is 0 Å². The van der Waals surface area contributed by atoms with Crippen molar-refractivity contribution >= 4 is 5.90 Å². The van der Waals surface area contributed by atoms with E-state index in [0.717, 1.165) is 30.8 Å². The molecule has 3 atom stereocenters. The van der Waals surface area contributed by atoms with E-state index < -0.39 is 0 Å². The van der Waals surface area contributed by atoms with Gasteiger partial charge in [0.2, 0.25) is 5.90 Å². The van der Waals surface area contributed by atoms with Crippen LogP contribution in [0.3, 0.4) is 0 Å². The van der Waals surface area contributed by atoms with Crippen molar-refractivity contribution in [2.75, 3.05) is 19.7 Å². The largest absolute Gasteiger partial charge is 0.471 e. The first-order chi connectivity index (χ1) is 11.3. The molecule has 1 unspecified atom stereocenters. The summed E-state index contributed by atoms with van der Waals surface area (Å²) in [6, 6.07) is 2.22. The monoisotopic (exact) mass is 316 g/mol. The molecule has 8 heteroatoms. The molecule has 4 heterocycles. The predicted molar refractivity (Wildman–Crippen MR) is 83.2 cm³/mol. The lowest BCUT2D eigenvalue weighted by Crippen LogP contribution is -2.38. The van der Waals surface area contributed by atoms with E-state index >= 15 is 0 Å². The first-order valence-corrected chi connectivity index (χ1v) is 7.84. The highest BCUT2D eigenvalue weighted by molar-refractivity contribution is 5.94. The number of aromatic amines is 1. The number of hydrogen-bond acceptors (Lipinski definition) is 6. The summed E-state index contributed by atoms with van der Waals surface area (Å²) >= 11 is 0. The highest BCUT2D eigenvalue weighted by Crippen LogP contribution is 2.27. The number of aliphatic imine (C=N–C) groups is 1. The van der Waals surface area contributed by atoms with Gasteiger partial charge in [0.1, 0.15) is 12.2 Å². The Hall–Kier alpha value is -2.19. The molecule has 2 N–H and O–H groups in total. The second kappa shape index (κ2) is 6.13. The Morgan fingerprint density at radius 1 is 1.48 bits per heavy atom. The number of nitrogens with one attached hydrogen (secondary N) is 2. The fourth-order valence-corrected chi connectivity index (χ4v) is 3.03. The van der Waals surface area contributed by atoms with Crippen molar-refractivity contribution in [2.24, 2.45) is 12.0 Å². The summed E-state index contributed by atoms with van der Waals surface area (Å²) in [4.78, 5) is 4.47. The number of H-pyrrole nitrogens is 1. The van der Waals surface area contributed by atoms with Crippen molar-refractivity contribution in [3.63, 3.8) is 0 Å². The third-order valence-corrected chi connectivity index (χ3v) is 4.20. The number of nitrogens with zero attached hydrogens (tertiary/aromatic N) is 4. The number of aromatic nitrogens is 4. The van der Waals surface area contributed by atoms with Crippen molar-refractivity contribution in [3.05, 3.63) is 35.9 Å². The lowest BCUT2D eigenvalue weighted by atomic mass is 10.1. The summed E-state index contributed by atoms with van der Waals surface area (Å²) in [6.45, 7) is 2.16. The molecule has 2 aromatic heterocycles. The smallest absolute Gasteiger partial charge is 0.219 e. The van der Waals surface area contributed by atoms with Gasteiger partial charge in [-0.25, -0.2) is 4.99 Å². The lowest BCUT2D eigenvalue weighted by molar-refractivity contribution is 0.0925. The van der Waals surface area contributed by atoms with E-state index in [4.69, 9.17) is 9.47 Å². The van der Waals surface area contributed by atoms with Gasteiger partial charge < -0.3 is 14.8 Å². The number of hydrogen-bond donors (Lipinski definition) is 2. The summed E-state index contributed by atoms with van der Waals surface area (Å²) in [5, 5.41) is 14.7. The van der Waals surface area contributed by atoms with Gasteiger partial charge in [0.25, 0.3) is 0 Å². The number of ether oxygens (including phenoxy) is 2. The highest BCUT2D eigenvalue weighted by Gasteiger charge is 2.31. The second-order valence-corrected chi connectivity index (χ2v) is 5.90. The Kier molecular flexibility index (Phi) is 3.84. The van der Waals surface area contributed by atoms with E-state index in [0.29, 0.717) is 12.4 Å². The number of aryl methyl sites for hydroxylation is 1.